The third-order valence-electron chi connectivity index (χ3n) is 1.89. The minimum absolute atomic E-state index is 0.130. The maximum absolute atomic E-state index is 9.77. The second-order valence-corrected chi connectivity index (χ2v) is 3.86. The van der Waals surface area contributed by atoms with Gasteiger partial charge in [-0.2, -0.15) is 0 Å². The number of fused-ring (bicyclic) bond motifs is 1. The summed E-state index contributed by atoms with van der Waals surface area (Å²) in [5, 5.41) is 16.3. The van der Waals surface area contributed by atoms with Crippen molar-refractivity contribution in [3.8, 4) is 5.75 Å². The van der Waals surface area contributed by atoms with Gasteiger partial charge in [-0.3, -0.25) is 10.1 Å². The van der Waals surface area contributed by atoms with E-state index in [1.807, 2.05) is 0 Å². The summed E-state index contributed by atoms with van der Waals surface area (Å²) in [5.74, 6) is 0.130. The fourth-order valence-corrected chi connectivity index (χ4v) is 1.73. The SMILES string of the molecule is NSc1cnc2ccc(Cl)cc2c1O. The third kappa shape index (κ3) is 1.52. The van der Waals surface area contributed by atoms with E-state index in [-0.39, 0.29) is 5.75 Å². The number of rotatable bonds is 1. The number of benzene rings is 1. The van der Waals surface area contributed by atoms with Gasteiger partial charge < -0.3 is 5.11 Å². The van der Waals surface area contributed by atoms with Gasteiger partial charge in [0, 0.05) is 16.6 Å². The smallest absolute Gasteiger partial charge is 0.141 e. The zero-order chi connectivity index (χ0) is 10.1. The van der Waals surface area contributed by atoms with Crippen LogP contribution in [-0.4, -0.2) is 10.1 Å². The fraction of sp³-hybridized carbons (Fsp3) is 0. The number of hydrogen-bond donors (Lipinski definition) is 2. The highest BCUT2D eigenvalue weighted by molar-refractivity contribution is 7.97. The number of halogens is 1. The summed E-state index contributed by atoms with van der Waals surface area (Å²) in [4.78, 5) is 4.68. The maximum Gasteiger partial charge on any atom is 0.141 e. The number of hydrogen-bond acceptors (Lipinski definition) is 4. The van der Waals surface area contributed by atoms with E-state index >= 15 is 0 Å². The molecule has 5 heteroatoms. The molecule has 1 aromatic heterocycles. The second-order valence-electron chi connectivity index (χ2n) is 2.75. The molecule has 0 bridgehead atoms. The van der Waals surface area contributed by atoms with E-state index in [0.29, 0.717) is 20.8 Å². The Labute approximate surface area is 90.0 Å². The average Bonchev–Trinajstić information content (AvgIpc) is 2.20. The lowest BCUT2D eigenvalue weighted by molar-refractivity contribution is 0.468. The van der Waals surface area contributed by atoms with Gasteiger partial charge in [-0.25, -0.2) is 0 Å². The van der Waals surface area contributed by atoms with Crippen LogP contribution in [0.2, 0.25) is 5.02 Å². The third-order valence-corrected chi connectivity index (χ3v) is 2.68. The van der Waals surface area contributed by atoms with E-state index in [1.165, 1.54) is 6.20 Å². The second kappa shape index (κ2) is 3.65. The van der Waals surface area contributed by atoms with Crippen LogP contribution in [0.25, 0.3) is 10.9 Å². The maximum atomic E-state index is 9.77. The van der Waals surface area contributed by atoms with Crippen LogP contribution in [-0.2, 0) is 0 Å². The first kappa shape index (κ1) is 9.58. The van der Waals surface area contributed by atoms with Crippen LogP contribution in [0.1, 0.15) is 0 Å². The molecule has 0 saturated carbocycles. The molecule has 72 valence electrons. The molecule has 1 aromatic carbocycles. The molecule has 0 saturated heterocycles. The first-order chi connectivity index (χ1) is 6.72. The molecule has 0 atom stereocenters. The minimum Gasteiger partial charge on any atom is -0.506 e. The highest BCUT2D eigenvalue weighted by Crippen LogP contribution is 2.32. The van der Waals surface area contributed by atoms with Gasteiger partial charge >= 0.3 is 0 Å². The van der Waals surface area contributed by atoms with Crippen molar-refractivity contribution in [1.29, 1.82) is 0 Å². The van der Waals surface area contributed by atoms with Crippen LogP contribution in [0, 0.1) is 0 Å². The Morgan fingerprint density at radius 3 is 2.93 bits per heavy atom. The number of nitrogens with zero attached hydrogens (tertiary/aromatic N) is 1. The topological polar surface area (TPSA) is 59.1 Å². The lowest BCUT2D eigenvalue weighted by Crippen LogP contribution is -1.85. The van der Waals surface area contributed by atoms with Crippen LogP contribution < -0.4 is 5.14 Å². The van der Waals surface area contributed by atoms with Crippen molar-refractivity contribution < 1.29 is 5.11 Å². The quantitative estimate of drug-likeness (QED) is 0.734. The first-order valence-corrected chi connectivity index (χ1v) is 5.12. The van der Waals surface area contributed by atoms with E-state index < -0.39 is 0 Å². The summed E-state index contributed by atoms with van der Waals surface area (Å²) < 4.78 is 0. The molecule has 0 aliphatic carbocycles. The Bertz CT molecular complexity index is 489. The van der Waals surface area contributed by atoms with Gasteiger partial charge in [0.25, 0.3) is 0 Å². The Morgan fingerprint density at radius 2 is 2.21 bits per heavy atom. The highest BCUT2D eigenvalue weighted by atomic mass is 35.5. The Hall–Kier alpha value is -0.970. The summed E-state index contributed by atoms with van der Waals surface area (Å²) in [7, 11) is 0. The van der Waals surface area contributed by atoms with Gasteiger partial charge in [-0.1, -0.05) is 11.6 Å². The summed E-state index contributed by atoms with van der Waals surface area (Å²) in [5.41, 5.74) is 0.699. The van der Waals surface area contributed by atoms with Gasteiger partial charge in [-0.05, 0) is 30.1 Å². The average molecular weight is 227 g/mol. The largest absolute Gasteiger partial charge is 0.506 e. The van der Waals surface area contributed by atoms with Gasteiger partial charge in [0.05, 0.1) is 10.4 Å². The Kier molecular flexibility index (Phi) is 2.50. The van der Waals surface area contributed by atoms with Crippen molar-refractivity contribution >= 4 is 34.5 Å². The van der Waals surface area contributed by atoms with E-state index in [9.17, 15) is 5.11 Å². The minimum atomic E-state index is 0.130. The molecule has 0 aliphatic heterocycles. The van der Waals surface area contributed by atoms with E-state index in [0.717, 1.165) is 11.9 Å². The van der Waals surface area contributed by atoms with Crippen LogP contribution in [0.4, 0.5) is 0 Å². The van der Waals surface area contributed by atoms with Gasteiger partial charge in [0.15, 0.2) is 0 Å². The molecule has 0 fully saturated rings. The Morgan fingerprint density at radius 1 is 1.43 bits per heavy atom. The molecular weight excluding hydrogens is 220 g/mol. The van der Waals surface area contributed by atoms with Crippen molar-refractivity contribution in [2.75, 3.05) is 0 Å². The van der Waals surface area contributed by atoms with Crippen LogP contribution >= 0.6 is 23.5 Å². The van der Waals surface area contributed by atoms with E-state index in [4.69, 9.17) is 16.7 Å². The summed E-state index contributed by atoms with van der Waals surface area (Å²) in [6, 6.07) is 5.15. The van der Waals surface area contributed by atoms with Crippen molar-refractivity contribution in [3.63, 3.8) is 0 Å². The molecule has 2 rings (SSSR count). The van der Waals surface area contributed by atoms with Gasteiger partial charge in [-0.15, -0.1) is 0 Å². The zero-order valence-electron chi connectivity index (χ0n) is 7.07. The molecule has 3 N–H and O–H groups in total. The molecule has 0 spiro atoms. The van der Waals surface area contributed by atoms with Gasteiger partial charge in [0.1, 0.15) is 5.75 Å². The molecule has 2 aromatic rings. The van der Waals surface area contributed by atoms with Crippen molar-refractivity contribution in [2.45, 2.75) is 4.90 Å². The van der Waals surface area contributed by atoms with Crippen LogP contribution in [0.5, 0.6) is 5.75 Å². The predicted molar refractivity (Wildman–Crippen MR) is 58.5 cm³/mol. The van der Waals surface area contributed by atoms with Gasteiger partial charge in [0.2, 0.25) is 0 Å². The molecule has 0 aliphatic rings. The van der Waals surface area contributed by atoms with Crippen molar-refractivity contribution in [3.05, 3.63) is 29.4 Å². The molecular formula is C9H7ClN2OS. The van der Waals surface area contributed by atoms with Crippen LogP contribution in [0.3, 0.4) is 0 Å². The summed E-state index contributed by atoms with van der Waals surface area (Å²) in [6.45, 7) is 0. The monoisotopic (exact) mass is 226 g/mol. The number of aromatic nitrogens is 1. The highest BCUT2D eigenvalue weighted by Gasteiger charge is 2.07. The predicted octanol–water partition coefficient (Wildman–Crippen LogP) is 2.56. The number of aromatic hydroxyl groups is 1. The zero-order valence-corrected chi connectivity index (χ0v) is 8.64. The summed E-state index contributed by atoms with van der Waals surface area (Å²) in [6.07, 6.45) is 1.54. The summed E-state index contributed by atoms with van der Waals surface area (Å²) >= 11 is 6.77. The lowest BCUT2D eigenvalue weighted by Gasteiger charge is -2.04. The van der Waals surface area contributed by atoms with E-state index in [1.54, 1.807) is 18.2 Å². The van der Waals surface area contributed by atoms with Crippen molar-refractivity contribution in [1.82, 2.24) is 4.98 Å². The van der Waals surface area contributed by atoms with Crippen molar-refractivity contribution in [2.24, 2.45) is 5.14 Å². The Balaban J connectivity index is 2.79. The van der Waals surface area contributed by atoms with Crippen LogP contribution in [0.15, 0.2) is 29.3 Å². The molecule has 14 heavy (non-hydrogen) atoms. The molecule has 0 radical (unpaired) electrons. The molecule has 3 nitrogen and oxygen atoms in total. The molecule has 0 amide bonds. The van der Waals surface area contributed by atoms with E-state index in [2.05, 4.69) is 4.98 Å². The molecule has 0 unspecified atom stereocenters. The molecule has 1 heterocycles. The number of nitrogens with two attached hydrogens (primary N) is 1. The normalized spacial score (nSPS) is 10.7. The fourth-order valence-electron chi connectivity index (χ4n) is 1.22. The first-order valence-electron chi connectivity index (χ1n) is 3.86. The number of pyridine rings is 1. The standard InChI is InChI=1S/C9H7ClN2OS/c10-5-1-2-7-6(3-5)9(13)8(14-11)4-12-7/h1-4H,11H2,(H,12,13). The lowest BCUT2D eigenvalue weighted by atomic mass is 10.2.